The van der Waals surface area contributed by atoms with Gasteiger partial charge in [-0.15, -0.1) is 0 Å². The van der Waals surface area contributed by atoms with Crippen molar-refractivity contribution in [3.8, 4) is 0 Å². The molecule has 2 aromatic carbocycles. The molecule has 2 atom stereocenters. The molecule has 2 aromatic rings. The molecule has 92 valence electrons. The molecule has 18 heavy (non-hydrogen) atoms. The van der Waals surface area contributed by atoms with Crippen LogP contribution < -0.4 is 5.73 Å². The van der Waals surface area contributed by atoms with Crippen LogP contribution in [0.2, 0.25) is 0 Å². The van der Waals surface area contributed by atoms with Crippen molar-refractivity contribution in [2.45, 2.75) is 24.9 Å². The van der Waals surface area contributed by atoms with Crippen LogP contribution in [0.15, 0.2) is 48.5 Å². The van der Waals surface area contributed by atoms with Crippen molar-refractivity contribution in [3.05, 3.63) is 65.2 Å². The monoisotopic (exact) mass is 239 g/mol. The van der Waals surface area contributed by atoms with E-state index >= 15 is 0 Å². The van der Waals surface area contributed by atoms with Gasteiger partial charge in [0, 0.05) is 11.6 Å². The van der Waals surface area contributed by atoms with Crippen LogP contribution in [-0.4, -0.2) is 5.11 Å². The number of rotatable bonds is 1. The Kier molecular flexibility index (Phi) is 2.80. The summed E-state index contributed by atoms with van der Waals surface area (Å²) in [6, 6.07) is 16.0. The van der Waals surface area contributed by atoms with E-state index in [0.29, 0.717) is 0 Å². The number of fused-ring (bicyclic) bond motifs is 1. The number of anilines is 1. The third-order valence-corrected chi connectivity index (χ3v) is 3.84. The molecule has 0 fully saturated rings. The average Bonchev–Trinajstić information content (AvgIpc) is 2.41. The quantitative estimate of drug-likeness (QED) is 0.751. The third kappa shape index (κ3) is 1.89. The molecule has 3 rings (SSSR count). The van der Waals surface area contributed by atoms with Crippen molar-refractivity contribution in [3.63, 3.8) is 0 Å². The van der Waals surface area contributed by atoms with Gasteiger partial charge in [0.25, 0.3) is 0 Å². The summed E-state index contributed by atoms with van der Waals surface area (Å²) < 4.78 is 0. The number of hydrogen-bond donors (Lipinski definition) is 2. The summed E-state index contributed by atoms with van der Waals surface area (Å²) in [7, 11) is 0. The predicted octanol–water partition coefficient (Wildman–Crippen LogP) is 3.03. The summed E-state index contributed by atoms with van der Waals surface area (Å²) in [6.45, 7) is 0. The fraction of sp³-hybridized carbons (Fsp3) is 0.250. The molecule has 2 nitrogen and oxygen atoms in total. The fourth-order valence-corrected chi connectivity index (χ4v) is 2.83. The summed E-state index contributed by atoms with van der Waals surface area (Å²) in [6.07, 6.45) is 1.61. The molecule has 0 aliphatic heterocycles. The van der Waals surface area contributed by atoms with Crippen molar-refractivity contribution >= 4 is 5.69 Å². The van der Waals surface area contributed by atoms with E-state index in [9.17, 15) is 5.11 Å². The maximum Gasteiger partial charge on any atom is 0.0861 e. The molecule has 0 bridgehead atoms. The zero-order chi connectivity index (χ0) is 12.5. The minimum absolute atomic E-state index is 0.181. The van der Waals surface area contributed by atoms with Gasteiger partial charge in [0.2, 0.25) is 0 Å². The molecule has 1 aliphatic carbocycles. The highest BCUT2D eigenvalue weighted by molar-refractivity contribution is 5.42. The number of aliphatic hydroxyl groups excluding tert-OH is 1. The second-order valence-electron chi connectivity index (χ2n) is 4.96. The van der Waals surface area contributed by atoms with Crippen LogP contribution in [0.1, 0.15) is 35.1 Å². The average molecular weight is 239 g/mol. The summed E-state index contributed by atoms with van der Waals surface area (Å²) in [5, 5.41) is 10.5. The molecule has 0 aromatic heterocycles. The second kappa shape index (κ2) is 4.46. The zero-order valence-corrected chi connectivity index (χ0v) is 10.2. The van der Waals surface area contributed by atoms with Gasteiger partial charge in [-0.25, -0.2) is 0 Å². The molecule has 0 spiro atoms. The van der Waals surface area contributed by atoms with Crippen LogP contribution in [0, 0.1) is 0 Å². The van der Waals surface area contributed by atoms with Gasteiger partial charge in [-0.05, 0) is 41.7 Å². The van der Waals surface area contributed by atoms with Crippen molar-refractivity contribution in [2.24, 2.45) is 0 Å². The smallest absolute Gasteiger partial charge is 0.0861 e. The van der Waals surface area contributed by atoms with E-state index in [1.54, 1.807) is 0 Å². The molecule has 0 unspecified atom stereocenters. The Morgan fingerprint density at radius 2 is 1.72 bits per heavy atom. The van der Waals surface area contributed by atoms with E-state index in [1.165, 1.54) is 11.1 Å². The summed E-state index contributed by atoms with van der Waals surface area (Å²) in [4.78, 5) is 0. The summed E-state index contributed by atoms with van der Waals surface area (Å²) >= 11 is 0. The number of nitrogen functional groups attached to an aromatic ring is 1. The van der Waals surface area contributed by atoms with Gasteiger partial charge in [-0.1, -0.05) is 36.4 Å². The SMILES string of the molecule is Nc1ccc([C@H]2CCc3ccccc3[C@H]2O)cc1. The van der Waals surface area contributed by atoms with Gasteiger partial charge in [-0.2, -0.15) is 0 Å². The minimum Gasteiger partial charge on any atom is -0.399 e. The molecule has 0 radical (unpaired) electrons. The van der Waals surface area contributed by atoms with Crippen LogP contribution in [0.3, 0.4) is 0 Å². The largest absolute Gasteiger partial charge is 0.399 e. The molecular weight excluding hydrogens is 222 g/mol. The van der Waals surface area contributed by atoms with Gasteiger partial charge >= 0.3 is 0 Å². The third-order valence-electron chi connectivity index (χ3n) is 3.84. The van der Waals surface area contributed by atoms with E-state index in [2.05, 4.69) is 6.07 Å². The zero-order valence-electron chi connectivity index (χ0n) is 10.2. The predicted molar refractivity (Wildman–Crippen MR) is 73.3 cm³/mol. The van der Waals surface area contributed by atoms with Gasteiger partial charge < -0.3 is 10.8 Å². The van der Waals surface area contributed by atoms with Crippen molar-refractivity contribution in [1.29, 1.82) is 0 Å². The first-order valence-corrected chi connectivity index (χ1v) is 6.37. The van der Waals surface area contributed by atoms with E-state index in [0.717, 1.165) is 24.1 Å². The first-order valence-electron chi connectivity index (χ1n) is 6.37. The maximum atomic E-state index is 10.5. The number of hydrogen-bond acceptors (Lipinski definition) is 2. The summed E-state index contributed by atoms with van der Waals surface area (Å²) in [5.74, 6) is 0.181. The Labute approximate surface area is 107 Å². The molecule has 0 saturated heterocycles. The van der Waals surface area contributed by atoms with Gasteiger partial charge in [0.15, 0.2) is 0 Å². The Morgan fingerprint density at radius 3 is 2.50 bits per heavy atom. The first kappa shape index (κ1) is 11.3. The number of aliphatic hydroxyl groups is 1. The lowest BCUT2D eigenvalue weighted by atomic mass is 9.78. The molecule has 3 N–H and O–H groups in total. The summed E-state index contributed by atoms with van der Waals surface area (Å²) in [5.41, 5.74) is 9.99. The molecule has 2 heteroatoms. The van der Waals surface area contributed by atoms with Gasteiger partial charge in [0.05, 0.1) is 6.10 Å². The van der Waals surface area contributed by atoms with E-state index in [1.807, 2.05) is 42.5 Å². The number of benzene rings is 2. The Balaban J connectivity index is 1.95. The lowest BCUT2D eigenvalue weighted by molar-refractivity contribution is 0.131. The highest BCUT2D eigenvalue weighted by Crippen LogP contribution is 2.40. The highest BCUT2D eigenvalue weighted by atomic mass is 16.3. The maximum absolute atomic E-state index is 10.5. The van der Waals surface area contributed by atoms with Gasteiger partial charge in [-0.3, -0.25) is 0 Å². The van der Waals surface area contributed by atoms with Crippen LogP contribution in [0.4, 0.5) is 5.69 Å². The van der Waals surface area contributed by atoms with Crippen LogP contribution in [0.25, 0.3) is 0 Å². The first-order chi connectivity index (χ1) is 8.75. The highest BCUT2D eigenvalue weighted by Gasteiger charge is 2.28. The van der Waals surface area contributed by atoms with Crippen LogP contribution >= 0.6 is 0 Å². The molecule has 1 aliphatic rings. The van der Waals surface area contributed by atoms with E-state index < -0.39 is 6.10 Å². The molecule has 0 saturated carbocycles. The number of aryl methyl sites for hydroxylation is 1. The van der Waals surface area contributed by atoms with Crippen LogP contribution in [0.5, 0.6) is 0 Å². The Hall–Kier alpha value is -1.80. The lowest BCUT2D eigenvalue weighted by Crippen LogP contribution is -2.18. The van der Waals surface area contributed by atoms with Crippen LogP contribution in [-0.2, 0) is 6.42 Å². The topological polar surface area (TPSA) is 46.2 Å². The Bertz CT molecular complexity index is 547. The Morgan fingerprint density at radius 1 is 1.00 bits per heavy atom. The molecular formula is C16H17NO. The standard InChI is InChI=1S/C16H17NO/c17-13-8-5-12(6-9-13)15-10-7-11-3-1-2-4-14(11)16(15)18/h1-6,8-9,15-16,18H,7,10,17H2/t15-,16-/m1/s1. The molecule has 0 heterocycles. The van der Waals surface area contributed by atoms with E-state index in [4.69, 9.17) is 5.73 Å². The van der Waals surface area contributed by atoms with E-state index in [-0.39, 0.29) is 5.92 Å². The molecule has 0 amide bonds. The second-order valence-corrected chi connectivity index (χ2v) is 4.96. The minimum atomic E-state index is -0.404. The normalized spacial score (nSPS) is 22.5. The number of nitrogens with two attached hydrogens (primary N) is 1. The van der Waals surface area contributed by atoms with Gasteiger partial charge in [0.1, 0.15) is 0 Å². The fourth-order valence-electron chi connectivity index (χ4n) is 2.83. The van der Waals surface area contributed by atoms with Crippen molar-refractivity contribution < 1.29 is 5.11 Å². The lowest BCUT2D eigenvalue weighted by Gasteiger charge is -2.30. The van der Waals surface area contributed by atoms with Crippen molar-refractivity contribution in [1.82, 2.24) is 0 Å². The van der Waals surface area contributed by atoms with Crippen molar-refractivity contribution in [2.75, 3.05) is 5.73 Å².